The van der Waals surface area contributed by atoms with Crippen LogP contribution in [-0.4, -0.2) is 19.4 Å². The van der Waals surface area contributed by atoms with E-state index in [1.807, 2.05) is 6.29 Å². The SMILES string of the molecule is CN[C@H]([C]=O)CC(C)C. The van der Waals surface area contributed by atoms with Crippen LogP contribution in [0.2, 0.25) is 0 Å². The Morgan fingerprint density at radius 2 is 2.11 bits per heavy atom. The lowest BCUT2D eigenvalue weighted by atomic mass is 10.1. The van der Waals surface area contributed by atoms with Gasteiger partial charge in [-0.15, -0.1) is 0 Å². The molecule has 2 nitrogen and oxygen atoms in total. The zero-order valence-corrected chi connectivity index (χ0v) is 6.27. The number of hydrogen-bond acceptors (Lipinski definition) is 2. The summed E-state index contributed by atoms with van der Waals surface area (Å²) >= 11 is 0. The van der Waals surface area contributed by atoms with Gasteiger partial charge in [-0.1, -0.05) is 13.8 Å². The highest BCUT2D eigenvalue weighted by Gasteiger charge is 2.06. The normalized spacial score (nSPS) is 13.8. The first-order chi connectivity index (χ1) is 4.20. The summed E-state index contributed by atoms with van der Waals surface area (Å²) in [4.78, 5) is 10.1. The van der Waals surface area contributed by atoms with E-state index >= 15 is 0 Å². The molecule has 2 heteroatoms. The molecule has 0 aromatic heterocycles. The van der Waals surface area contributed by atoms with Gasteiger partial charge < -0.3 is 5.32 Å². The van der Waals surface area contributed by atoms with Crippen LogP contribution < -0.4 is 5.32 Å². The Morgan fingerprint density at radius 1 is 1.56 bits per heavy atom. The summed E-state index contributed by atoms with van der Waals surface area (Å²) in [6.45, 7) is 4.17. The molecule has 0 aliphatic heterocycles. The molecule has 1 radical (unpaired) electrons. The van der Waals surface area contributed by atoms with Gasteiger partial charge in [0.05, 0.1) is 6.04 Å². The summed E-state index contributed by atoms with van der Waals surface area (Å²) in [5, 5.41) is 2.86. The Labute approximate surface area is 56.6 Å². The van der Waals surface area contributed by atoms with E-state index in [1.165, 1.54) is 0 Å². The lowest BCUT2D eigenvalue weighted by Crippen LogP contribution is -2.27. The minimum atomic E-state index is -0.0787. The summed E-state index contributed by atoms with van der Waals surface area (Å²) in [5.41, 5.74) is 0. The lowest BCUT2D eigenvalue weighted by molar-refractivity contribution is 0.476. The second-order valence-corrected chi connectivity index (χ2v) is 2.59. The topological polar surface area (TPSA) is 29.1 Å². The van der Waals surface area contributed by atoms with Crippen LogP contribution in [0.3, 0.4) is 0 Å². The summed E-state index contributed by atoms with van der Waals surface area (Å²) < 4.78 is 0. The second-order valence-electron chi connectivity index (χ2n) is 2.59. The molecule has 0 aliphatic carbocycles. The predicted molar refractivity (Wildman–Crippen MR) is 38.0 cm³/mol. The fourth-order valence-corrected chi connectivity index (χ4v) is 0.696. The molecule has 0 saturated heterocycles. The summed E-state index contributed by atoms with van der Waals surface area (Å²) in [6, 6.07) is -0.0787. The molecular formula is C7H14NO. The molecule has 0 saturated carbocycles. The highest BCUT2D eigenvalue weighted by atomic mass is 16.1. The summed E-state index contributed by atoms with van der Waals surface area (Å²) in [5.74, 6) is 0.559. The zero-order chi connectivity index (χ0) is 7.28. The fourth-order valence-electron chi connectivity index (χ4n) is 0.696. The van der Waals surface area contributed by atoms with Gasteiger partial charge in [-0.2, -0.15) is 0 Å². The number of carbonyl (C=O) groups excluding carboxylic acids is 1. The van der Waals surface area contributed by atoms with Crippen LogP contribution in [0.4, 0.5) is 0 Å². The molecule has 0 fully saturated rings. The molecule has 1 N–H and O–H groups in total. The largest absolute Gasteiger partial charge is 0.310 e. The third-order valence-electron chi connectivity index (χ3n) is 1.20. The number of likely N-dealkylation sites (N-methyl/N-ethyl adjacent to an activating group) is 1. The molecule has 1 atom stereocenters. The van der Waals surface area contributed by atoms with E-state index in [2.05, 4.69) is 19.2 Å². The van der Waals surface area contributed by atoms with E-state index in [0.29, 0.717) is 5.92 Å². The number of rotatable bonds is 4. The van der Waals surface area contributed by atoms with E-state index in [9.17, 15) is 4.79 Å². The van der Waals surface area contributed by atoms with Crippen molar-refractivity contribution in [3.63, 3.8) is 0 Å². The van der Waals surface area contributed by atoms with Crippen molar-refractivity contribution in [1.29, 1.82) is 0 Å². The summed E-state index contributed by atoms with van der Waals surface area (Å²) in [7, 11) is 1.78. The van der Waals surface area contributed by atoms with E-state index in [1.54, 1.807) is 7.05 Å². The molecule has 53 valence electrons. The van der Waals surface area contributed by atoms with Gasteiger partial charge in [0, 0.05) is 0 Å². The van der Waals surface area contributed by atoms with Gasteiger partial charge in [0.15, 0.2) is 0 Å². The fraction of sp³-hybridized carbons (Fsp3) is 0.857. The number of hydrogen-bond donors (Lipinski definition) is 1. The Hall–Kier alpha value is -0.370. The molecule has 0 heterocycles. The molecule has 0 bridgehead atoms. The van der Waals surface area contributed by atoms with E-state index in [0.717, 1.165) is 6.42 Å². The van der Waals surface area contributed by atoms with Gasteiger partial charge in [0.25, 0.3) is 0 Å². The predicted octanol–water partition coefficient (Wildman–Crippen LogP) is 0.730. The van der Waals surface area contributed by atoms with Crippen LogP contribution in [-0.2, 0) is 4.79 Å². The van der Waals surface area contributed by atoms with Crippen molar-refractivity contribution in [2.24, 2.45) is 5.92 Å². The minimum absolute atomic E-state index is 0.0787. The lowest BCUT2D eigenvalue weighted by Gasteiger charge is -2.09. The molecule has 0 spiro atoms. The molecule has 0 aromatic rings. The van der Waals surface area contributed by atoms with Gasteiger partial charge in [0.2, 0.25) is 6.29 Å². The standard InChI is InChI=1S/C7H14NO/c1-6(2)4-7(5-9)8-3/h6-8H,4H2,1-3H3/t7-/m0/s1. The van der Waals surface area contributed by atoms with Gasteiger partial charge in [-0.3, -0.25) is 4.79 Å². The number of nitrogens with one attached hydrogen (secondary N) is 1. The maximum Gasteiger partial charge on any atom is 0.216 e. The second kappa shape index (κ2) is 4.50. The maximum atomic E-state index is 10.1. The molecule has 0 rings (SSSR count). The zero-order valence-electron chi connectivity index (χ0n) is 6.27. The van der Waals surface area contributed by atoms with Crippen LogP contribution in [0.15, 0.2) is 0 Å². The average Bonchev–Trinajstić information content (AvgIpc) is 1.82. The third kappa shape index (κ3) is 4.15. The Balaban J connectivity index is 3.42. The quantitative estimate of drug-likeness (QED) is 0.604. The van der Waals surface area contributed by atoms with Gasteiger partial charge in [0.1, 0.15) is 0 Å². The monoisotopic (exact) mass is 128 g/mol. The molecule has 0 unspecified atom stereocenters. The molecule has 0 amide bonds. The highest BCUT2D eigenvalue weighted by Crippen LogP contribution is 2.01. The van der Waals surface area contributed by atoms with Gasteiger partial charge in [-0.25, -0.2) is 0 Å². The summed E-state index contributed by atoms with van der Waals surface area (Å²) in [6.07, 6.45) is 2.80. The Bertz CT molecular complexity index is 81.0. The highest BCUT2D eigenvalue weighted by molar-refractivity contribution is 5.58. The van der Waals surface area contributed by atoms with Crippen LogP contribution in [0, 0.1) is 5.92 Å². The van der Waals surface area contributed by atoms with Crippen molar-refractivity contribution in [2.45, 2.75) is 26.3 Å². The average molecular weight is 128 g/mol. The van der Waals surface area contributed by atoms with Crippen molar-refractivity contribution in [1.82, 2.24) is 5.32 Å². The van der Waals surface area contributed by atoms with Crippen LogP contribution >= 0.6 is 0 Å². The van der Waals surface area contributed by atoms with Crippen LogP contribution in [0.1, 0.15) is 20.3 Å². The molecule has 0 aliphatic rings. The first kappa shape index (κ1) is 8.63. The first-order valence-electron chi connectivity index (χ1n) is 3.25. The van der Waals surface area contributed by atoms with Crippen molar-refractivity contribution in [3.8, 4) is 0 Å². The van der Waals surface area contributed by atoms with Gasteiger partial charge in [-0.05, 0) is 19.4 Å². The molecule has 0 aromatic carbocycles. The van der Waals surface area contributed by atoms with Crippen molar-refractivity contribution < 1.29 is 4.79 Å². The van der Waals surface area contributed by atoms with Crippen LogP contribution in [0.5, 0.6) is 0 Å². The molecule has 9 heavy (non-hydrogen) atoms. The van der Waals surface area contributed by atoms with Crippen molar-refractivity contribution >= 4 is 6.29 Å². The maximum absolute atomic E-state index is 10.1. The first-order valence-corrected chi connectivity index (χ1v) is 3.25. The van der Waals surface area contributed by atoms with Crippen molar-refractivity contribution in [3.05, 3.63) is 0 Å². The van der Waals surface area contributed by atoms with Crippen LogP contribution in [0.25, 0.3) is 0 Å². The smallest absolute Gasteiger partial charge is 0.216 e. The minimum Gasteiger partial charge on any atom is -0.310 e. The van der Waals surface area contributed by atoms with Crippen molar-refractivity contribution in [2.75, 3.05) is 7.05 Å². The Morgan fingerprint density at radius 3 is 2.22 bits per heavy atom. The Kier molecular flexibility index (Phi) is 4.32. The van der Waals surface area contributed by atoms with E-state index < -0.39 is 0 Å². The molecular weight excluding hydrogens is 114 g/mol. The van der Waals surface area contributed by atoms with E-state index in [-0.39, 0.29) is 6.04 Å². The van der Waals surface area contributed by atoms with E-state index in [4.69, 9.17) is 0 Å². The van der Waals surface area contributed by atoms with Gasteiger partial charge >= 0.3 is 0 Å². The third-order valence-corrected chi connectivity index (χ3v) is 1.20.